The van der Waals surface area contributed by atoms with Gasteiger partial charge in [0.15, 0.2) is 0 Å². The lowest BCUT2D eigenvalue weighted by atomic mass is 10.2. The fourth-order valence-electron chi connectivity index (χ4n) is 1.70. The molecule has 0 saturated heterocycles. The largest absolute Gasteiger partial charge is 0.481 e. The van der Waals surface area contributed by atoms with Crippen molar-refractivity contribution >= 4 is 18.5 Å². The number of aromatic nitrogens is 2. The first-order valence-electron chi connectivity index (χ1n) is 5.60. The number of nitrogens with one attached hydrogen (secondary N) is 1. The molecule has 0 aliphatic heterocycles. The van der Waals surface area contributed by atoms with Crippen LogP contribution in [0.25, 0.3) is 0 Å². The third kappa shape index (κ3) is 3.39. The fourth-order valence-corrected chi connectivity index (χ4v) is 1.90. The quantitative estimate of drug-likeness (QED) is 0.745. The summed E-state index contributed by atoms with van der Waals surface area (Å²) in [6.45, 7) is 2.48. The maximum atomic E-state index is 11.4. The first-order valence-corrected chi connectivity index (χ1v) is 6.23. The van der Waals surface area contributed by atoms with E-state index >= 15 is 0 Å². The molecule has 0 radical (unpaired) electrons. The number of hydrogen-bond acceptors (Lipinski definition) is 4. The summed E-state index contributed by atoms with van der Waals surface area (Å²) in [6, 6.07) is 0. The summed E-state index contributed by atoms with van der Waals surface area (Å²) in [5.74, 6) is 1.25. The lowest BCUT2D eigenvalue weighted by Crippen LogP contribution is -2.23. The van der Waals surface area contributed by atoms with Crippen molar-refractivity contribution in [1.82, 2.24) is 15.1 Å². The number of hydrogen-bond donors (Lipinski definition) is 2. The van der Waals surface area contributed by atoms with Crippen molar-refractivity contribution in [3.63, 3.8) is 0 Å². The Bertz CT molecular complexity index is 390. The van der Waals surface area contributed by atoms with E-state index in [9.17, 15) is 4.79 Å². The van der Waals surface area contributed by atoms with E-state index in [0.717, 1.165) is 17.7 Å². The molecule has 96 valence electrons. The number of rotatable bonds is 6. The van der Waals surface area contributed by atoms with Crippen LogP contribution in [0, 0.1) is 0 Å². The van der Waals surface area contributed by atoms with Gasteiger partial charge in [-0.15, -0.1) is 0 Å². The molecule has 6 heteroatoms. The average Bonchev–Trinajstić information content (AvgIpc) is 2.62. The van der Waals surface area contributed by atoms with Gasteiger partial charge in [0.1, 0.15) is 0 Å². The highest BCUT2D eigenvalue weighted by Crippen LogP contribution is 2.21. The maximum Gasteiger partial charge on any atom is 0.221 e. The summed E-state index contributed by atoms with van der Waals surface area (Å²) in [5.41, 5.74) is 1.90. The molecule has 0 aromatic carbocycles. The van der Waals surface area contributed by atoms with Crippen LogP contribution in [0.15, 0.2) is 0 Å². The second-order valence-electron chi connectivity index (χ2n) is 3.66. The average molecular weight is 257 g/mol. The Hall–Kier alpha value is -1.17. The van der Waals surface area contributed by atoms with E-state index in [4.69, 9.17) is 4.74 Å². The Kier molecular flexibility index (Phi) is 5.34. The van der Waals surface area contributed by atoms with Crippen molar-refractivity contribution in [2.75, 3.05) is 12.9 Å². The molecule has 1 amide bonds. The molecule has 1 N–H and O–H groups in total. The topological polar surface area (TPSA) is 56.1 Å². The number of methoxy groups -OCH3 is 1. The van der Waals surface area contributed by atoms with Gasteiger partial charge in [0.2, 0.25) is 11.8 Å². The Morgan fingerprint density at radius 3 is 2.82 bits per heavy atom. The minimum absolute atomic E-state index is 0.00652. The van der Waals surface area contributed by atoms with Gasteiger partial charge in [-0.25, -0.2) is 4.68 Å². The third-order valence-corrected chi connectivity index (χ3v) is 2.72. The maximum absolute atomic E-state index is 11.4. The van der Waals surface area contributed by atoms with Crippen LogP contribution in [0.4, 0.5) is 0 Å². The van der Waals surface area contributed by atoms with Crippen molar-refractivity contribution in [2.45, 2.75) is 26.3 Å². The van der Waals surface area contributed by atoms with Crippen LogP contribution in [0.3, 0.4) is 0 Å². The number of carbonyl (C=O) groups is 1. The van der Waals surface area contributed by atoms with Gasteiger partial charge in [-0.2, -0.15) is 17.7 Å². The van der Waals surface area contributed by atoms with Crippen molar-refractivity contribution < 1.29 is 9.53 Å². The minimum atomic E-state index is -0.00652. The van der Waals surface area contributed by atoms with Gasteiger partial charge in [-0.3, -0.25) is 4.79 Å². The second kappa shape index (κ2) is 6.54. The van der Waals surface area contributed by atoms with Crippen LogP contribution in [-0.4, -0.2) is 28.6 Å². The summed E-state index contributed by atoms with van der Waals surface area (Å²) >= 11 is 4.02. The van der Waals surface area contributed by atoms with Gasteiger partial charge in [-0.05, 0) is 12.2 Å². The van der Waals surface area contributed by atoms with E-state index in [2.05, 4.69) is 23.0 Å². The summed E-state index contributed by atoms with van der Waals surface area (Å²) in [7, 11) is 3.44. The predicted octanol–water partition coefficient (Wildman–Crippen LogP) is 0.927. The molecule has 17 heavy (non-hydrogen) atoms. The standard InChI is InChI=1S/C11H19N3O2S/c1-4-9-8(7-12-10(15)5-6-17)11(16-3)14(2)13-9/h17H,4-7H2,1-3H3,(H,12,15). The van der Waals surface area contributed by atoms with E-state index in [1.807, 2.05) is 14.0 Å². The summed E-state index contributed by atoms with van der Waals surface area (Å²) in [6.07, 6.45) is 1.24. The number of nitrogens with zero attached hydrogens (tertiary/aromatic N) is 2. The number of ether oxygens (including phenoxy) is 1. The molecule has 1 aromatic heterocycles. The monoisotopic (exact) mass is 257 g/mol. The molecule has 0 fully saturated rings. The molecule has 0 atom stereocenters. The molecule has 0 saturated carbocycles. The van der Waals surface area contributed by atoms with Crippen molar-refractivity contribution in [1.29, 1.82) is 0 Å². The Balaban J connectivity index is 2.78. The van der Waals surface area contributed by atoms with Crippen LogP contribution in [0.5, 0.6) is 5.88 Å². The normalized spacial score (nSPS) is 10.4. The molecule has 0 aliphatic carbocycles. The molecule has 0 unspecified atom stereocenters. The molecule has 5 nitrogen and oxygen atoms in total. The fraction of sp³-hybridized carbons (Fsp3) is 0.636. The molecule has 0 bridgehead atoms. The first-order chi connectivity index (χ1) is 8.13. The second-order valence-corrected chi connectivity index (χ2v) is 4.11. The smallest absolute Gasteiger partial charge is 0.221 e. The summed E-state index contributed by atoms with van der Waals surface area (Å²) in [4.78, 5) is 11.4. The van der Waals surface area contributed by atoms with E-state index in [0.29, 0.717) is 24.6 Å². The summed E-state index contributed by atoms with van der Waals surface area (Å²) < 4.78 is 6.98. The van der Waals surface area contributed by atoms with Gasteiger partial charge in [-0.1, -0.05) is 6.92 Å². The molecule has 1 heterocycles. The van der Waals surface area contributed by atoms with E-state index in [1.54, 1.807) is 11.8 Å². The van der Waals surface area contributed by atoms with Crippen LogP contribution in [0.2, 0.25) is 0 Å². The zero-order chi connectivity index (χ0) is 12.8. The van der Waals surface area contributed by atoms with Gasteiger partial charge in [0.05, 0.1) is 18.4 Å². The third-order valence-electron chi connectivity index (χ3n) is 2.50. The number of carbonyl (C=O) groups excluding carboxylic acids is 1. The van der Waals surface area contributed by atoms with Crippen LogP contribution < -0.4 is 10.1 Å². The molecule has 1 aromatic rings. The zero-order valence-corrected chi connectivity index (χ0v) is 11.4. The highest BCUT2D eigenvalue weighted by Gasteiger charge is 2.15. The lowest BCUT2D eigenvalue weighted by molar-refractivity contribution is -0.120. The van der Waals surface area contributed by atoms with Gasteiger partial charge >= 0.3 is 0 Å². The number of thiol groups is 1. The van der Waals surface area contributed by atoms with Crippen LogP contribution in [-0.2, 0) is 24.8 Å². The van der Waals surface area contributed by atoms with Crippen LogP contribution in [0.1, 0.15) is 24.6 Å². The van der Waals surface area contributed by atoms with Crippen molar-refractivity contribution in [3.8, 4) is 5.88 Å². The first kappa shape index (κ1) is 13.9. The highest BCUT2D eigenvalue weighted by atomic mass is 32.1. The van der Waals surface area contributed by atoms with E-state index < -0.39 is 0 Å². The van der Waals surface area contributed by atoms with E-state index in [1.165, 1.54) is 0 Å². The van der Waals surface area contributed by atoms with Crippen molar-refractivity contribution in [2.24, 2.45) is 7.05 Å². The molecule has 1 rings (SSSR count). The van der Waals surface area contributed by atoms with Gasteiger partial charge in [0.25, 0.3) is 0 Å². The van der Waals surface area contributed by atoms with Crippen LogP contribution >= 0.6 is 12.6 Å². The minimum Gasteiger partial charge on any atom is -0.481 e. The Labute approximate surface area is 107 Å². The SMILES string of the molecule is CCc1nn(C)c(OC)c1CNC(=O)CCS. The number of amides is 1. The van der Waals surface area contributed by atoms with Crippen molar-refractivity contribution in [3.05, 3.63) is 11.3 Å². The Morgan fingerprint density at radius 1 is 1.59 bits per heavy atom. The summed E-state index contributed by atoms with van der Waals surface area (Å²) in [5, 5.41) is 7.19. The molecule has 0 aliphatic rings. The molecule has 0 spiro atoms. The predicted molar refractivity (Wildman–Crippen MR) is 69.5 cm³/mol. The number of aryl methyl sites for hydroxylation is 2. The Morgan fingerprint density at radius 2 is 2.29 bits per heavy atom. The highest BCUT2D eigenvalue weighted by molar-refractivity contribution is 7.80. The molecular formula is C11H19N3O2S. The van der Waals surface area contributed by atoms with E-state index in [-0.39, 0.29) is 5.91 Å². The lowest BCUT2D eigenvalue weighted by Gasteiger charge is -2.07. The van der Waals surface area contributed by atoms with Gasteiger partial charge < -0.3 is 10.1 Å². The molecular weight excluding hydrogens is 238 g/mol. The zero-order valence-electron chi connectivity index (χ0n) is 10.5. The van der Waals surface area contributed by atoms with Gasteiger partial charge in [0, 0.05) is 20.0 Å².